The molecule has 0 aliphatic carbocycles. The lowest BCUT2D eigenvalue weighted by Crippen LogP contribution is -2.35. The highest BCUT2D eigenvalue weighted by Crippen LogP contribution is 2.34. The number of phenolic OH excluding ortho intramolecular Hbond substituents is 1. The van der Waals surface area contributed by atoms with E-state index in [1.54, 1.807) is 12.3 Å². The average Bonchev–Trinajstić information content (AvgIpc) is 3.35. The lowest BCUT2D eigenvalue weighted by molar-refractivity contribution is -0.137. The van der Waals surface area contributed by atoms with Crippen LogP contribution in [0.1, 0.15) is 29.5 Å². The van der Waals surface area contributed by atoms with Gasteiger partial charge in [-0.05, 0) is 80.4 Å². The third-order valence-corrected chi connectivity index (χ3v) is 7.23. The monoisotopic (exact) mass is 556 g/mol. The van der Waals surface area contributed by atoms with Crippen LogP contribution < -0.4 is 10.9 Å². The van der Waals surface area contributed by atoms with Crippen molar-refractivity contribution >= 4 is 22.5 Å². The molecule has 39 heavy (non-hydrogen) atoms. The van der Waals surface area contributed by atoms with Gasteiger partial charge in [0.2, 0.25) is 0 Å². The van der Waals surface area contributed by atoms with Crippen LogP contribution in [-0.4, -0.2) is 45.7 Å². The van der Waals surface area contributed by atoms with E-state index in [0.29, 0.717) is 40.1 Å². The maximum Gasteiger partial charge on any atom is 0.416 e. The fraction of sp³-hybridized carbons (Fsp3) is 0.310. The zero-order chi connectivity index (χ0) is 27.9. The molecular weight excluding hydrogens is 529 g/mol. The largest absolute Gasteiger partial charge is 0.508 e. The average molecular weight is 557 g/mol. The molecule has 10 heteroatoms. The first-order valence-corrected chi connectivity index (χ1v) is 13.0. The molecule has 1 atom stereocenters. The Balaban J connectivity index is 1.71. The van der Waals surface area contributed by atoms with Crippen molar-refractivity contribution in [3.63, 3.8) is 0 Å². The number of pyridine rings is 2. The molecule has 1 aliphatic heterocycles. The van der Waals surface area contributed by atoms with Gasteiger partial charge in [-0.3, -0.25) is 14.3 Å². The number of fused-ring (bicyclic) bond motifs is 1. The number of halogens is 4. The van der Waals surface area contributed by atoms with E-state index in [-0.39, 0.29) is 5.69 Å². The molecule has 6 nitrogen and oxygen atoms in total. The summed E-state index contributed by atoms with van der Waals surface area (Å²) < 4.78 is 41.5. The highest BCUT2D eigenvalue weighted by Gasteiger charge is 2.31. The minimum Gasteiger partial charge on any atom is -0.508 e. The van der Waals surface area contributed by atoms with Crippen molar-refractivity contribution in [1.29, 1.82) is 0 Å². The summed E-state index contributed by atoms with van der Waals surface area (Å²) in [5.74, 6) is -0.586. The van der Waals surface area contributed by atoms with Crippen molar-refractivity contribution in [3.05, 3.63) is 86.9 Å². The first-order valence-electron chi connectivity index (χ1n) is 12.6. The second kappa shape index (κ2) is 10.6. The van der Waals surface area contributed by atoms with E-state index in [4.69, 9.17) is 11.6 Å². The summed E-state index contributed by atoms with van der Waals surface area (Å²) in [5.41, 5.74) is 1.93. The maximum absolute atomic E-state index is 14.0. The molecule has 2 aromatic heterocycles. The van der Waals surface area contributed by atoms with Crippen molar-refractivity contribution in [1.82, 2.24) is 19.8 Å². The summed E-state index contributed by atoms with van der Waals surface area (Å²) in [6.07, 6.45) is 0.581. The molecule has 1 aliphatic rings. The summed E-state index contributed by atoms with van der Waals surface area (Å²) >= 11 is 6.37. The number of hydrogen-bond acceptors (Lipinski definition) is 5. The number of rotatable bonds is 6. The van der Waals surface area contributed by atoms with Crippen LogP contribution in [0.4, 0.5) is 13.2 Å². The minimum absolute atomic E-state index is 0.0901. The number of aromatic nitrogens is 2. The molecule has 0 saturated carbocycles. The van der Waals surface area contributed by atoms with Crippen LogP contribution in [0.3, 0.4) is 0 Å². The Kier molecular flexibility index (Phi) is 7.41. The van der Waals surface area contributed by atoms with E-state index in [1.165, 1.54) is 6.20 Å². The molecule has 3 heterocycles. The number of nitrogens with one attached hydrogen (secondary N) is 1. The lowest BCUT2D eigenvalue weighted by atomic mass is 9.96. The van der Waals surface area contributed by atoms with Crippen molar-refractivity contribution < 1.29 is 18.3 Å². The third kappa shape index (κ3) is 5.80. The summed E-state index contributed by atoms with van der Waals surface area (Å²) in [7, 11) is 1.98. The molecule has 5 rings (SSSR count). The number of hydrogen-bond donors (Lipinski definition) is 2. The smallest absolute Gasteiger partial charge is 0.416 e. The second-order valence-electron chi connectivity index (χ2n) is 10.1. The fourth-order valence-corrected chi connectivity index (χ4v) is 5.58. The quantitative estimate of drug-likeness (QED) is 0.308. The van der Waals surface area contributed by atoms with Gasteiger partial charge < -0.3 is 15.3 Å². The Morgan fingerprint density at radius 3 is 2.69 bits per heavy atom. The van der Waals surface area contributed by atoms with Crippen LogP contribution in [0.2, 0.25) is 5.02 Å². The number of benzene rings is 2. The summed E-state index contributed by atoms with van der Waals surface area (Å²) in [6, 6.07) is 10.2. The molecule has 4 aromatic rings. The molecule has 1 fully saturated rings. The second-order valence-corrected chi connectivity index (χ2v) is 10.6. The van der Waals surface area contributed by atoms with Gasteiger partial charge in [0.25, 0.3) is 5.56 Å². The predicted molar refractivity (Wildman–Crippen MR) is 147 cm³/mol. The number of phenols is 1. The van der Waals surface area contributed by atoms with E-state index in [1.807, 2.05) is 32.2 Å². The van der Waals surface area contributed by atoms with Gasteiger partial charge in [0.05, 0.1) is 22.2 Å². The molecule has 0 bridgehead atoms. The fourth-order valence-electron chi connectivity index (χ4n) is 5.29. The predicted octanol–water partition coefficient (Wildman–Crippen LogP) is 5.92. The molecule has 0 unspecified atom stereocenters. The van der Waals surface area contributed by atoms with Crippen LogP contribution in [-0.2, 0) is 12.7 Å². The van der Waals surface area contributed by atoms with E-state index in [0.717, 1.165) is 59.3 Å². The zero-order valence-corrected chi connectivity index (χ0v) is 22.3. The van der Waals surface area contributed by atoms with E-state index in [9.17, 15) is 23.1 Å². The zero-order valence-electron chi connectivity index (χ0n) is 21.5. The molecule has 0 amide bonds. The number of aryl methyl sites for hydroxylation is 1. The lowest BCUT2D eigenvalue weighted by Gasteiger charge is -2.23. The Hall–Kier alpha value is -3.40. The minimum atomic E-state index is -4.69. The third-order valence-electron chi connectivity index (χ3n) is 7.01. The number of aromatic hydroxyl groups is 1. The van der Waals surface area contributed by atoms with Crippen LogP contribution in [0.5, 0.6) is 5.75 Å². The van der Waals surface area contributed by atoms with Crippen molar-refractivity contribution in [2.24, 2.45) is 0 Å². The number of nitrogens with zero attached hydrogens (tertiary/aromatic N) is 3. The van der Waals surface area contributed by atoms with E-state index in [2.05, 4.69) is 15.2 Å². The van der Waals surface area contributed by atoms with Gasteiger partial charge >= 0.3 is 6.18 Å². The molecule has 2 N–H and O–H groups in total. The van der Waals surface area contributed by atoms with Gasteiger partial charge in [0, 0.05) is 48.2 Å². The molecule has 0 spiro atoms. The standard InChI is InChI=1S/C29H28ClF3N4O2/c1-17-8-18(10-20(30)9-17)24-14-35-26-5-7-37(22-11-19(29(31,32)33)12-23(38)13-22)28(39)27(26)25(24)16-36(2)15-21-4-3-6-34-21/h5,7-14,21,34,38H,3-4,6,15-16H2,1-2H3/t21-/m0/s1. The van der Waals surface area contributed by atoms with Gasteiger partial charge in [-0.2, -0.15) is 13.2 Å². The summed E-state index contributed by atoms with van der Waals surface area (Å²) in [5, 5.41) is 14.4. The summed E-state index contributed by atoms with van der Waals surface area (Å²) in [6.45, 7) is 4.07. The van der Waals surface area contributed by atoms with Crippen molar-refractivity contribution in [2.75, 3.05) is 20.1 Å². The molecule has 1 saturated heterocycles. The topological polar surface area (TPSA) is 70.4 Å². The SMILES string of the molecule is Cc1cc(Cl)cc(-c2cnc3ccn(-c4cc(O)cc(C(F)(F)F)c4)c(=O)c3c2CN(C)C[C@@H]2CCCN2)c1. The highest BCUT2D eigenvalue weighted by atomic mass is 35.5. The van der Waals surface area contributed by atoms with E-state index >= 15 is 0 Å². The van der Waals surface area contributed by atoms with Crippen molar-refractivity contribution in [3.8, 4) is 22.6 Å². The Morgan fingerprint density at radius 2 is 2.00 bits per heavy atom. The van der Waals surface area contributed by atoms with Crippen LogP contribution in [0.25, 0.3) is 27.7 Å². The Bertz CT molecular complexity index is 1580. The van der Waals surface area contributed by atoms with E-state index < -0.39 is 23.0 Å². The van der Waals surface area contributed by atoms with Crippen LogP contribution in [0, 0.1) is 6.92 Å². The first-order chi connectivity index (χ1) is 18.5. The molecular formula is C29H28ClF3N4O2. The number of alkyl halides is 3. The van der Waals surface area contributed by atoms with Gasteiger partial charge in [-0.15, -0.1) is 0 Å². The van der Waals surface area contributed by atoms with Gasteiger partial charge in [0.15, 0.2) is 0 Å². The molecule has 2 aromatic carbocycles. The van der Waals surface area contributed by atoms with Crippen molar-refractivity contribution in [2.45, 2.75) is 38.5 Å². The Labute approximate surface area is 228 Å². The van der Waals surface area contributed by atoms with Gasteiger partial charge in [-0.1, -0.05) is 17.7 Å². The molecule has 0 radical (unpaired) electrons. The number of likely N-dealkylation sites (N-methyl/N-ethyl adjacent to an activating group) is 1. The van der Waals surface area contributed by atoms with Gasteiger partial charge in [0.1, 0.15) is 5.75 Å². The Morgan fingerprint density at radius 1 is 1.21 bits per heavy atom. The van der Waals surface area contributed by atoms with Gasteiger partial charge in [-0.25, -0.2) is 0 Å². The van der Waals surface area contributed by atoms with Crippen LogP contribution >= 0.6 is 11.6 Å². The first kappa shape index (κ1) is 27.2. The summed E-state index contributed by atoms with van der Waals surface area (Å²) in [4.78, 5) is 20.6. The normalized spacial score (nSPS) is 15.9. The molecule has 204 valence electrons. The maximum atomic E-state index is 14.0. The highest BCUT2D eigenvalue weighted by molar-refractivity contribution is 6.31. The van der Waals surface area contributed by atoms with Crippen LogP contribution in [0.15, 0.2) is 59.7 Å².